The van der Waals surface area contributed by atoms with E-state index in [0.717, 1.165) is 12.8 Å². The largest absolute Gasteiger partial charge is 0.493 e. The molecular weight excluding hydrogens is 416 g/mol. The molecule has 0 saturated carbocycles. The molecule has 0 bridgehead atoms. The first-order chi connectivity index (χ1) is 14.7. The maximum Gasteiger partial charge on any atom is 0.308 e. The number of rotatable bonds is 12. The molecule has 0 saturated heterocycles. The van der Waals surface area contributed by atoms with Crippen molar-refractivity contribution in [2.24, 2.45) is 11.8 Å². The molecule has 31 heavy (non-hydrogen) atoms. The van der Waals surface area contributed by atoms with E-state index < -0.39 is 27.0 Å². The van der Waals surface area contributed by atoms with Crippen LogP contribution in [0.4, 0.5) is 0 Å². The molecule has 0 aromatic heterocycles. The predicted octanol–water partition coefficient (Wildman–Crippen LogP) is 4.62. The van der Waals surface area contributed by atoms with Crippen molar-refractivity contribution in [3.05, 3.63) is 54.1 Å². The first-order valence-electron chi connectivity index (χ1n) is 10.4. The zero-order chi connectivity index (χ0) is 23.0. The Morgan fingerprint density at radius 3 is 2.16 bits per heavy atom. The van der Waals surface area contributed by atoms with E-state index in [2.05, 4.69) is 0 Å². The van der Waals surface area contributed by atoms with Crippen molar-refractivity contribution in [3.8, 4) is 11.5 Å². The minimum Gasteiger partial charge on any atom is -0.493 e. The summed E-state index contributed by atoms with van der Waals surface area (Å²) in [6.07, 6.45) is 2.50. The number of carbonyl (C=O) groups is 1. The standard InChI is InChI=1S/C24H32O6S/c1-17(2)23(24(25)26)22(13-9-8-12-18-10-6-5-7-11-18)31(27,28)19-14-15-20(29-3)21(16-19)30-4/h5-7,10-11,14-17,22-23H,8-9,12-13H2,1-4H3,(H,25,26)/t22-,23-/m1/s1. The Bertz CT molecular complexity index is 953. The quantitative estimate of drug-likeness (QED) is 0.477. The second-order valence-corrected chi connectivity index (χ2v) is 10.1. The van der Waals surface area contributed by atoms with Gasteiger partial charge in [0.15, 0.2) is 21.3 Å². The number of carboxylic acids is 1. The van der Waals surface area contributed by atoms with Gasteiger partial charge in [0, 0.05) is 6.07 Å². The minimum atomic E-state index is -3.91. The highest BCUT2D eigenvalue weighted by molar-refractivity contribution is 7.92. The highest BCUT2D eigenvalue weighted by atomic mass is 32.2. The number of unbranched alkanes of at least 4 members (excludes halogenated alkanes) is 1. The molecule has 1 N–H and O–H groups in total. The summed E-state index contributed by atoms with van der Waals surface area (Å²) < 4.78 is 37.6. The van der Waals surface area contributed by atoms with Gasteiger partial charge in [-0.3, -0.25) is 4.79 Å². The van der Waals surface area contributed by atoms with Crippen LogP contribution in [-0.4, -0.2) is 39.0 Å². The molecule has 0 amide bonds. The molecule has 6 nitrogen and oxygen atoms in total. The fraction of sp³-hybridized carbons (Fsp3) is 0.458. The van der Waals surface area contributed by atoms with Crippen LogP contribution in [0.2, 0.25) is 0 Å². The number of aryl methyl sites for hydroxylation is 1. The predicted molar refractivity (Wildman–Crippen MR) is 120 cm³/mol. The number of hydrogen-bond acceptors (Lipinski definition) is 5. The normalized spacial score (nSPS) is 13.6. The molecule has 7 heteroatoms. The van der Waals surface area contributed by atoms with E-state index in [1.165, 1.54) is 38.0 Å². The zero-order valence-corrected chi connectivity index (χ0v) is 19.4. The summed E-state index contributed by atoms with van der Waals surface area (Å²) in [5.41, 5.74) is 1.18. The monoisotopic (exact) mass is 448 g/mol. The van der Waals surface area contributed by atoms with E-state index in [1.54, 1.807) is 13.8 Å². The third kappa shape index (κ3) is 6.23. The lowest BCUT2D eigenvalue weighted by Gasteiger charge is -2.27. The summed E-state index contributed by atoms with van der Waals surface area (Å²) >= 11 is 0. The van der Waals surface area contributed by atoms with Crippen LogP contribution < -0.4 is 9.47 Å². The topological polar surface area (TPSA) is 89.9 Å². The van der Waals surface area contributed by atoms with Gasteiger partial charge in [-0.2, -0.15) is 0 Å². The lowest BCUT2D eigenvalue weighted by molar-refractivity contribution is -0.143. The first-order valence-corrected chi connectivity index (χ1v) is 12.0. The molecule has 170 valence electrons. The molecule has 2 aromatic carbocycles. The summed E-state index contributed by atoms with van der Waals surface area (Å²) in [6.45, 7) is 3.50. The van der Waals surface area contributed by atoms with Crippen LogP contribution in [0.5, 0.6) is 11.5 Å². The molecule has 0 unspecified atom stereocenters. The Kier molecular flexibility index (Phi) is 8.92. The van der Waals surface area contributed by atoms with Crippen LogP contribution in [0, 0.1) is 11.8 Å². The average molecular weight is 449 g/mol. The highest BCUT2D eigenvalue weighted by Gasteiger charge is 2.40. The van der Waals surface area contributed by atoms with Crippen molar-refractivity contribution in [2.45, 2.75) is 49.7 Å². The van der Waals surface area contributed by atoms with Gasteiger partial charge in [-0.15, -0.1) is 0 Å². The SMILES string of the molecule is COc1ccc(S(=O)(=O)[C@H](CCCCc2ccccc2)[C@H](C(=O)O)C(C)C)cc1OC. The van der Waals surface area contributed by atoms with Crippen molar-refractivity contribution < 1.29 is 27.8 Å². The Labute approximate surface area is 185 Å². The average Bonchev–Trinajstić information content (AvgIpc) is 2.75. The number of methoxy groups -OCH3 is 2. The number of hydrogen-bond donors (Lipinski definition) is 1. The fourth-order valence-electron chi connectivity index (χ4n) is 3.89. The summed E-state index contributed by atoms with van der Waals surface area (Å²) in [7, 11) is -1.00. The maximum atomic E-state index is 13.6. The van der Waals surface area contributed by atoms with Gasteiger partial charge in [-0.1, -0.05) is 50.6 Å². The minimum absolute atomic E-state index is 0.0464. The Morgan fingerprint density at radius 2 is 1.61 bits per heavy atom. The third-order valence-corrected chi connectivity index (χ3v) is 7.77. The Hall–Kier alpha value is -2.54. The summed E-state index contributed by atoms with van der Waals surface area (Å²) in [4.78, 5) is 12.1. The maximum absolute atomic E-state index is 13.6. The smallest absolute Gasteiger partial charge is 0.308 e. The Morgan fingerprint density at radius 1 is 0.968 bits per heavy atom. The molecule has 0 fully saturated rings. The van der Waals surface area contributed by atoms with Gasteiger partial charge in [0.05, 0.1) is 30.3 Å². The van der Waals surface area contributed by atoms with E-state index in [0.29, 0.717) is 17.9 Å². The molecule has 0 spiro atoms. The van der Waals surface area contributed by atoms with Gasteiger partial charge in [0.1, 0.15) is 0 Å². The van der Waals surface area contributed by atoms with Gasteiger partial charge in [-0.25, -0.2) is 8.42 Å². The molecule has 2 aromatic rings. The van der Waals surface area contributed by atoms with Crippen LogP contribution in [-0.2, 0) is 21.1 Å². The zero-order valence-electron chi connectivity index (χ0n) is 18.6. The second kappa shape index (κ2) is 11.2. The third-order valence-electron chi connectivity index (χ3n) is 5.53. The molecule has 0 aliphatic carbocycles. The van der Waals surface area contributed by atoms with Crippen LogP contribution in [0.1, 0.15) is 38.7 Å². The van der Waals surface area contributed by atoms with Gasteiger partial charge in [-0.05, 0) is 42.9 Å². The van der Waals surface area contributed by atoms with Gasteiger partial charge in [0.2, 0.25) is 0 Å². The number of benzene rings is 2. The summed E-state index contributed by atoms with van der Waals surface area (Å²) in [5.74, 6) is -1.71. The lowest BCUT2D eigenvalue weighted by atomic mass is 9.89. The van der Waals surface area contributed by atoms with Crippen LogP contribution in [0.25, 0.3) is 0 Å². The molecule has 0 aliphatic rings. The Balaban J connectivity index is 2.31. The van der Waals surface area contributed by atoms with Gasteiger partial charge in [0.25, 0.3) is 0 Å². The molecule has 2 rings (SSSR count). The van der Waals surface area contributed by atoms with Crippen molar-refractivity contribution in [3.63, 3.8) is 0 Å². The van der Waals surface area contributed by atoms with Crippen LogP contribution in [0.15, 0.2) is 53.4 Å². The fourth-order valence-corrected chi connectivity index (χ4v) is 6.06. The van der Waals surface area contributed by atoms with E-state index in [9.17, 15) is 18.3 Å². The van der Waals surface area contributed by atoms with Crippen LogP contribution in [0.3, 0.4) is 0 Å². The number of aliphatic carboxylic acids is 1. The van der Waals surface area contributed by atoms with E-state index in [4.69, 9.17) is 9.47 Å². The van der Waals surface area contributed by atoms with Crippen molar-refractivity contribution in [1.29, 1.82) is 0 Å². The van der Waals surface area contributed by atoms with Gasteiger partial charge < -0.3 is 14.6 Å². The molecule has 0 aliphatic heterocycles. The second-order valence-electron chi connectivity index (χ2n) is 7.94. The number of carboxylic acid groups (broad SMARTS) is 1. The summed E-state index contributed by atoms with van der Waals surface area (Å²) in [5, 5.41) is 8.80. The highest BCUT2D eigenvalue weighted by Crippen LogP contribution is 2.35. The first kappa shape index (κ1) is 24.7. The van der Waals surface area contributed by atoms with Crippen molar-refractivity contribution >= 4 is 15.8 Å². The van der Waals surface area contributed by atoms with E-state index in [-0.39, 0.29) is 17.2 Å². The lowest BCUT2D eigenvalue weighted by Crippen LogP contribution is -2.38. The molecule has 2 atom stereocenters. The van der Waals surface area contributed by atoms with E-state index in [1.807, 2.05) is 30.3 Å². The number of ether oxygens (including phenoxy) is 2. The van der Waals surface area contributed by atoms with Crippen LogP contribution >= 0.6 is 0 Å². The van der Waals surface area contributed by atoms with Crippen molar-refractivity contribution in [1.82, 2.24) is 0 Å². The number of sulfone groups is 1. The summed E-state index contributed by atoms with van der Waals surface area (Å²) in [6, 6.07) is 14.4. The molecule has 0 heterocycles. The van der Waals surface area contributed by atoms with E-state index >= 15 is 0 Å². The molecule has 0 radical (unpaired) electrons. The van der Waals surface area contributed by atoms with Crippen molar-refractivity contribution in [2.75, 3.05) is 14.2 Å². The van der Waals surface area contributed by atoms with Gasteiger partial charge >= 0.3 is 5.97 Å². The molecular formula is C24H32O6S.